The Hall–Kier alpha value is -0.340. The van der Waals surface area contributed by atoms with Crippen LogP contribution in [-0.2, 0) is 9.47 Å². The fraction of sp³-hybridized carbons (Fsp3) is 0.864. The van der Waals surface area contributed by atoms with Crippen molar-refractivity contribution in [1.29, 1.82) is 0 Å². The molecule has 2 nitrogen and oxygen atoms in total. The van der Waals surface area contributed by atoms with Crippen LogP contribution in [0.4, 0.5) is 0 Å². The van der Waals surface area contributed by atoms with Gasteiger partial charge >= 0.3 is 0 Å². The predicted molar refractivity (Wildman–Crippen MR) is 106 cm³/mol. The van der Waals surface area contributed by atoms with E-state index >= 15 is 0 Å². The van der Waals surface area contributed by atoms with Crippen LogP contribution < -0.4 is 0 Å². The van der Waals surface area contributed by atoms with E-state index in [2.05, 4.69) is 26.0 Å². The molecule has 2 atom stereocenters. The third kappa shape index (κ3) is 15.2. The summed E-state index contributed by atoms with van der Waals surface area (Å²) in [6.07, 6.45) is 20.6. The second-order valence-electron chi connectivity index (χ2n) is 7.16. The van der Waals surface area contributed by atoms with E-state index in [0.717, 1.165) is 6.42 Å². The van der Waals surface area contributed by atoms with Crippen molar-refractivity contribution in [3.8, 4) is 0 Å². The summed E-state index contributed by atoms with van der Waals surface area (Å²) >= 11 is 0. The molecule has 0 aliphatic heterocycles. The van der Waals surface area contributed by atoms with Gasteiger partial charge in [-0.1, -0.05) is 64.0 Å². The molecule has 0 saturated carbocycles. The van der Waals surface area contributed by atoms with E-state index in [-0.39, 0.29) is 18.3 Å². The Morgan fingerprint density at radius 3 is 1.92 bits per heavy atom. The first-order valence-electron chi connectivity index (χ1n) is 10.3. The van der Waals surface area contributed by atoms with Crippen molar-refractivity contribution in [2.45, 2.75) is 116 Å². The largest absolute Gasteiger partial charge is 0.379 e. The maximum absolute atomic E-state index is 5.72. The van der Waals surface area contributed by atoms with Gasteiger partial charge < -0.3 is 9.47 Å². The van der Waals surface area contributed by atoms with Crippen LogP contribution in [0.5, 0.6) is 0 Å². The number of allylic oxidation sites excluding steroid dienone is 2. The summed E-state index contributed by atoms with van der Waals surface area (Å²) in [7, 11) is 1.77. The van der Waals surface area contributed by atoms with Gasteiger partial charge in [-0.25, -0.2) is 0 Å². The molecular weight excluding hydrogens is 296 g/mol. The summed E-state index contributed by atoms with van der Waals surface area (Å²) in [4.78, 5) is 0. The molecule has 143 valence electrons. The Kier molecular flexibility index (Phi) is 17.2. The van der Waals surface area contributed by atoms with E-state index in [9.17, 15) is 0 Å². The topological polar surface area (TPSA) is 18.5 Å². The number of methoxy groups -OCH3 is 1. The minimum atomic E-state index is -0.0564. The molecule has 0 aromatic carbocycles. The first-order chi connectivity index (χ1) is 11.6. The molecule has 0 aromatic rings. The lowest BCUT2D eigenvalue weighted by Gasteiger charge is -2.24. The Balaban J connectivity index is 3.43. The summed E-state index contributed by atoms with van der Waals surface area (Å²) in [6, 6.07) is 0. The van der Waals surface area contributed by atoms with E-state index in [0.29, 0.717) is 0 Å². The first kappa shape index (κ1) is 23.7. The molecule has 0 aliphatic rings. The molecule has 24 heavy (non-hydrogen) atoms. The minimum absolute atomic E-state index is 0.0564. The quantitative estimate of drug-likeness (QED) is 0.212. The molecule has 2 unspecified atom stereocenters. The van der Waals surface area contributed by atoms with E-state index in [1.54, 1.807) is 7.11 Å². The first-order valence-corrected chi connectivity index (χ1v) is 10.3. The molecule has 0 rings (SSSR count). The van der Waals surface area contributed by atoms with Crippen LogP contribution in [0.25, 0.3) is 0 Å². The Labute approximate surface area is 152 Å². The zero-order valence-corrected chi connectivity index (χ0v) is 16.9. The normalized spacial score (nSPS) is 14.6. The zero-order valence-electron chi connectivity index (χ0n) is 16.9. The monoisotopic (exact) mass is 339 g/mol. The van der Waals surface area contributed by atoms with Gasteiger partial charge in [0.05, 0.1) is 18.3 Å². The van der Waals surface area contributed by atoms with Gasteiger partial charge in [0.1, 0.15) is 0 Å². The Bertz CT molecular complexity index is 273. The predicted octanol–water partition coefficient (Wildman–Crippen LogP) is 6.89. The number of hydrogen-bond donors (Lipinski definition) is 0. The minimum Gasteiger partial charge on any atom is -0.379 e. The van der Waals surface area contributed by atoms with Gasteiger partial charge in [0.15, 0.2) is 0 Å². The number of hydrogen-bond acceptors (Lipinski definition) is 2. The third-order valence-electron chi connectivity index (χ3n) is 4.41. The van der Waals surface area contributed by atoms with Crippen LogP contribution >= 0.6 is 0 Å². The SMILES string of the molecule is [CH2]C(OC(C)C)C(CCCCCCCCC=CCCCCC)OC. The summed E-state index contributed by atoms with van der Waals surface area (Å²) < 4.78 is 11.2. The molecule has 0 amide bonds. The van der Waals surface area contributed by atoms with Gasteiger partial charge in [0.2, 0.25) is 0 Å². The highest BCUT2D eigenvalue weighted by Crippen LogP contribution is 2.15. The van der Waals surface area contributed by atoms with Crippen LogP contribution in [0.1, 0.15) is 97.8 Å². The van der Waals surface area contributed by atoms with E-state index in [1.165, 1.54) is 70.6 Å². The molecule has 0 saturated heterocycles. The third-order valence-corrected chi connectivity index (χ3v) is 4.41. The van der Waals surface area contributed by atoms with Gasteiger partial charge in [-0.3, -0.25) is 0 Å². The second-order valence-corrected chi connectivity index (χ2v) is 7.16. The fourth-order valence-electron chi connectivity index (χ4n) is 2.96. The molecule has 0 N–H and O–H groups in total. The lowest BCUT2D eigenvalue weighted by Crippen LogP contribution is -2.30. The summed E-state index contributed by atoms with van der Waals surface area (Å²) in [5, 5.41) is 0. The van der Waals surface area contributed by atoms with Crippen LogP contribution in [0, 0.1) is 6.92 Å². The van der Waals surface area contributed by atoms with Crippen LogP contribution in [0.2, 0.25) is 0 Å². The van der Waals surface area contributed by atoms with E-state index in [1.807, 2.05) is 13.8 Å². The van der Waals surface area contributed by atoms with Crippen molar-refractivity contribution in [2.75, 3.05) is 7.11 Å². The van der Waals surface area contributed by atoms with Crippen molar-refractivity contribution in [3.63, 3.8) is 0 Å². The standard InChI is InChI=1S/C22H43O2/c1-6-7-8-9-10-11-12-13-14-15-16-17-18-19-22(23-5)21(4)24-20(2)3/h10-11,20-22H,4,6-9,12-19H2,1-3,5H3. The molecular formula is C22H43O2. The highest BCUT2D eigenvalue weighted by molar-refractivity contribution is 4.81. The average molecular weight is 340 g/mol. The molecule has 0 bridgehead atoms. The smallest absolute Gasteiger partial charge is 0.0840 e. The zero-order chi connectivity index (χ0) is 18.0. The van der Waals surface area contributed by atoms with Gasteiger partial charge in [0, 0.05) is 7.11 Å². The van der Waals surface area contributed by atoms with Crippen molar-refractivity contribution >= 4 is 0 Å². The lowest BCUT2D eigenvalue weighted by atomic mass is 10.0. The second kappa shape index (κ2) is 17.5. The fourth-order valence-corrected chi connectivity index (χ4v) is 2.96. The van der Waals surface area contributed by atoms with Gasteiger partial charge in [-0.2, -0.15) is 0 Å². The van der Waals surface area contributed by atoms with Crippen LogP contribution in [0.3, 0.4) is 0 Å². The number of ether oxygens (including phenoxy) is 2. The van der Waals surface area contributed by atoms with Crippen molar-refractivity contribution in [2.24, 2.45) is 0 Å². The molecule has 1 radical (unpaired) electrons. The van der Waals surface area contributed by atoms with Crippen molar-refractivity contribution in [3.05, 3.63) is 19.1 Å². The van der Waals surface area contributed by atoms with Gasteiger partial charge in [-0.15, -0.1) is 0 Å². The maximum atomic E-state index is 5.72. The van der Waals surface area contributed by atoms with Gasteiger partial charge in [0.25, 0.3) is 0 Å². The Morgan fingerprint density at radius 2 is 1.38 bits per heavy atom. The summed E-state index contributed by atoms with van der Waals surface area (Å²) in [6.45, 7) is 10.4. The highest BCUT2D eigenvalue weighted by atomic mass is 16.5. The molecule has 0 aliphatic carbocycles. The number of unbranched alkanes of at least 4 members (excludes halogenated alkanes) is 9. The van der Waals surface area contributed by atoms with E-state index in [4.69, 9.17) is 9.47 Å². The molecule has 0 heterocycles. The molecule has 0 spiro atoms. The summed E-state index contributed by atoms with van der Waals surface area (Å²) in [5.41, 5.74) is 0. The van der Waals surface area contributed by atoms with Gasteiger partial charge in [-0.05, 0) is 52.9 Å². The maximum Gasteiger partial charge on any atom is 0.0840 e. The number of rotatable bonds is 17. The average Bonchev–Trinajstić information content (AvgIpc) is 2.54. The van der Waals surface area contributed by atoms with Crippen LogP contribution in [-0.4, -0.2) is 25.4 Å². The Morgan fingerprint density at radius 1 is 0.833 bits per heavy atom. The lowest BCUT2D eigenvalue weighted by molar-refractivity contribution is -0.0610. The van der Waals surface area contributed by atoms with E-state index < -0.39 is 0 Å². The highest BCUT2D eigenvalue weighted by Gasteiger charge is 2.17. The van der Waals surface area contributed by atoms with Crippen molar-refractivity contribution in [1.82, 2.24) is 0 Å². The van der Waals surface area contributed by atoms with Crippen LogP contribution in [0.15, 0.2) is 12.2 Å². The summed E-state index contributed by atoms with van der Waals surface area (Å²) in [5.74, 6) is 0. The molecule has 0 aromatic heterocycles. The van der Waals surface area contributed by atoms with Crippen molar-refractivity contribution < 1.29 is 9.47 Å². The molecule has 0 fully saturated rings. The molecule has 2 heteroatoms.